The molecule has 0 saturated carbocycles. The van der Waals surface area contributed by atoms with Gasteiger partial charge in [-0.25, -0.2) is 0 Å². The van der Waals surface area contributed by atoms with Crippen LogP contribution in [-0.2, 0) is 12.0 Å². The summed E-state index contributed by atoms with van der Waals surface area (Å²) in [6, 6.07) is 4.45. The molecule has 92 valence electrons. The highest BCUT2D eigenvalue weighted by Crippen LogP contribution is 2.33. The van der Waals surface area contributed by atoms with Crippen LogP contribution < -0.4 is 5.73 Å². The van der Waals surface area contributed by atoms with E-state index in [0.717, 1.165) is 11.3 Å². The van der Waals surface area contributed by atoms with Gasteiger partial charge in [0.25, 0.3) is 0 Å². The molecule has 0 aliphatic rings. The van der Waals surface area contributed by atoms with Gasteiger partial charge in [0.2, 0.25) is 0 Å². The number of nitrogens with two attached hydrogens (primary N) is 1. The van der Waals surface area contributed by atoms with Crippen molar-refractivity contribution in [2.75, 3.05) is 0 Å². The number of aryl methyl sites for hydroxylation is 2. The third-order valence-corrected chi connectivity index (χ3v) is 3.37. The van der Waals surface area contributed by atoms with Crippen molar-refractivity contribution in [3.63, 3.8) is 0 Å². The van der Waals surface area contributed by atoms with Crippen LogP contribution in [0.3, 0.4) is 0 Å². The van der Waals surface area contributed by atoms with Crippen LogP contribution in [0.1, 0.15) is 43.2 Å². The predicted molar refractivity (Wildman–Crippen MR) is 72.3 cm³/mol. The van der Waals surface area contributed by atoms with Gasteiger partial charge in [-0.05, 0) is 42.0 Å². The number of rotatable bonds is 1. The Balaban J connectivity index is 2.76. The molecule has 2 rings (SSSR count). The molecule has 0 unspecified atom stereocenters. The van der Waals surface area contributed by atoms with Gasteiger partial charge < -0.3 is 10.2 Å². The zero-order valence-corrected chi connectivity index (χ0v) is 11.3. The Morgan fingerprint density at radius 2 is 1.82 bits per heavy atom. The summed E-state index contributed by atoms with van der Waals surface area (Å²) in [5, 5.41) is 1.20. The van der Waals surface area contributed by atoms with E-state index < -0.39 is 0 Å². The first-order valence-corrected chi connectivity index (χ1v) is 6.07. The van der Waals surface area contributed by atoms with E-state index in [2.05, 4.69) is 46.8 Å². The molecule has 0 radical (unpaired) electrons. The smallest absolute Gasteiger partial charge is 0.137 e. The molecular weight excluding hydrogens is 210 g/mol. The van der Waals surface area contributed by atoms with Crippen LogP contribution in [0.25, 0.3) is 11.0 Å². The quantitative estimate of drug-likeness (QED) is 0.810. The van der Waals surface area contributed by atoms with E-state index in [-0.39, 0.29) is 5.41 Å². The Morgan fingerprint density at radius 3 is 2.35 bits per heavy atom. The summed E-state index contributed by atoms with van der Waals surface area (Å²) in [6.07, 6.45) is 0. The van der Waals surface area contributed by atoms with Crippen LogP contribution in [0.2, 0.25) is 0 Å². The molecule has 0 aliphatic carbocycles. The molecule has 2 N–H and O–H groups in total. The molecular formula is C15H21NO. The molecule has 0 fully saturated rings. The van der Waals surface area contributed by atoms with E-state index in [4.69, 9.17) is 10.2 Å². The summed E-state index contributed by atoms with van der Waals surface area (Å²) in [4.78, 5) is 0. The topological polar surface area (TPSA) is 39.2 Å². The lowest BCUT2D eigenvalue weighted by Gasteiger charge is -2.19. The Labute approximate surface area is 103 Å². The number of fused-ring (bicyclic) bond motifs is 1. The van der Waals surface area contributed by atoms with Crippen LogP contribution in [-0.4, -0.2) is 0 Å². The first-order valence-electron chi connectivity index (χ1n) is 6.07. The largest absolute Gasteiger partial charge is 0.459 e. The van der Waals surface area contributed by atoms with Gasteiger partial charge >= 0.3 is 0 Å². The van der Waals surface area contributed by atoms with Crippen molar-refractivity contribution in [1.29, 1.82) is 0 Å². The van der Waals surface area contributed by atoms with Gasteiger partial charge in [-0.2, -0.15) is 0 Å². The van der Waals surface area contributed by atoms with E-state index in [0.29, 0.717) is 6.54 Å². The van der Waals surface area contributed by atoms with E-state index in [1.165, 1.54) is 22.1 Å². The van der Waals surface area contributed by atoms with Crippen molar-refractivity contribution in [2.45, 2.75) is 46.6 Å². The maximum absolute atomic E-state index is 5.82. The predicted octanol–water partition coefficient (Wildman–Crippen LogP) is 3.81. The fourth-order valence-corrected chi connectivity index (χ4v) is 2.17. The summed E-state index contributed by atoms with van der Waals surface area (Å²) >= 11 is 0. The Bertz CT molecular complexity index is 558. The number of furan rings is 1. The summed E-state index contributed by atoms with van der Waals surface area (Å²) in [5.74, 6) is 0.897. The van der Waals surface area contributed by atoms with Crippen LogP contribution in [0.4, 0.5) is 0 Å². The Morgan fingerprint density at radius 1 is 1.18 bits per heavy atom. The molecule has 1 aromatic heterocycles. The minimum Gasteiger partial charge on any atom is -0.459 e. The van der Waals surface area contributed by atoms with Crippen molar-refractivity contribution < 1.29 is 4.42 Å². The van der Waals surface area contributed by atoms with Gasteiger partial charge in [0, 0.05) is 5.39 Å². The average Bonchev–Trinajstić information content (AvgIpc) is 2.55. The standard InChI is InChI=1S/C15H21NO/c1-9-6-11(15(3,4)5)7-12-10(2)13(8-16)17-14(9)12/h6-7H,8,16H2,1-5H3. The monoisotopic (exact) mass is 231 g/mol. The third-order valence-electron chi connectivity index (χ3n) is 3.37. The van der Waals surface area contributed by atoms with Crippen molar-refractivity contribution in [1.82, 2.24) is 0 Å². The fourth-order valence-electron chi connectivity index (χ4n) is 2.17. The average molecular weight is 231 g/mol. The van der Waals surface area contributed by atoms with E-state index in [1.54, 1.807) is 0 Å². The summed E-state index contributed by atoms with van der Waals surface area (Å²) in [5.41, 5.74) is 10.5. The van der Waals surface area contributed by atoms with Gasteiger partial charge in [0.05, 0.1) is 6.54 Å². The summed E-state index contributed by atoms with van der Waals surface area (Å²) in [6.45, 7) is 11.3. The number of benzene rings is 1. The molecule has 2 aromatic rings. The summed E-state index contributed by atoms with van der Waals surface area (Å²) in [7, 11) is 0. The first-order chi connectivity index (χ1) is 7.84. The molecule has 2 heteroatoms. The first kappa shape index (κ1) is 12.2. The highest BCUT2D eigenvalue weighted by Gasteiger charge is 2.18. The number of hydrogen-bond donors (Lipinski definition) is 1. The molecule has 1 heterocycles. The highest BCUT2D eigenvalue weighted by molar-refractivity contribution is 5.85. The minimum atomic E-state index is 0.158. The van der Waals surface area contributed by atoms with Gasteiger partial charge in [-0.1, -0.05) is 26.8 Å². The fraction of sp³-hybridized carbons (Fsp3) is 0.467. The molecule has 0 bridgehead atoms. The van der Waals surface area contributed by atoms with Gasteiger partial charge in [0.15, 0.2) is 0 Å². The molecule has 17 heavy (non-hydrogen) atoms. The zero-order chi connectivity index (χ0) is 12.8. The molecule has 0 aliphatic heterocycles. The van der Waals surface area contributed by atoms with Crippen molar-refractivity contribution in [2.24, 2.45) is 5.73 Å². The van der Waals surface area contributed by atoms with Crippen molar-refractivity contribution in [3.05, 3.63) is 34.6 Å². The van der Waals surface area contributed by atoms with Gasteiger partial charge in [-0.3, -0.25) is 0 Å². The molecule has 1 aromatic carbocycles. The summed E-state index contributed by atoms with van der Waals surface area (Å²) < 4.78 is 5.82. The van der Waals surface area contributed by atoms with Gasteiger partial charge in [-0.15, -0.1) is 0 Å². The lowest BCUT2D eigenvalue weighted by molar-refractivity contribution is 0.546. The van der Waals surface area contributed by atoms with Crippen molar-refractivity contribution in [3.8, 4) is 0 Å². The maximum atomic E-state index is 5.82. The SMILES string of the molecule is Cc1c(CN)oc2c(C)cc(C(C)(C)C)cc12. The van der Waals surface area contributed by atoms with Crippen LogP contribution >= 0.6 is 0 Å². The van der Waals surface area contributed by atoms with E-state index in [1.807, 2.05) is 0 Å². The van der Waals surface area contributed by atoms with Crippen LogP contribution in [0.15, 0.2) is 16.5 Å². The molecule has 0 spiro atoms. The van der Waals surface area contributed by atoms with Crippen LogP contribution in [0.5, 0.6) is 0 Å². The van der Waals surface area contributed by atoms with Crippen LogP contribution in [0, 0.1) is 13.8 Å². The maximum Gasteiger partial charge on any atom is 0.137 e. The second-order valence-electron chi connectivity index (χ2n) is 5.77. The number of hydrogen-bond acceptors (Lipinski definition) is 2. The Kier molecular flexibility index (Phi) is 2.78. The normalized spacial score (nSPS) is 12.4. The minimum absolute atomic E-state index is 0.158. The molecule has 2 nitrogen and oxygen atoms in total. The van der Waals surface area contributed by atoms with Crippen molar-refractivity contribution >= 4 is 11.0 Å². The van der Waals surface area contributed by atoms with E-state index in [9.17, 15) is 0 Å². The molecule has 0 atom stereocenters. The van der Waals surface area contributed by atoms with E-state index >= 15 is 0 Å². The molecule has 0 amide bonds. The second kappa shape index (κ2) is 3.88. The third kappa shape index (κ3) is 1.98. The lowest BCUT2D eigenvalue weighted by atomic mass is 9.85. The molecule has 0 saturated heterocycles. The Hall–Kier alpha value is -1.28. The zero-order valence-electron chi connectivity index (χ0n) is 11.3. The highest BCUT2D eigenvalue weighted by atomic mass is 16.3. The van der Waals surface area contributed by atoms with Gasteiger partial charge in [0.1, 0.15) is 11.3 Å². The lowest BCUT2D eigenvalue weighted by Crippen LogP contribution is -2.11. The second-order valence-corrected chi connectivity index (χ2v) is 5.77.